The van der Waals surface area contributed by atoms with Crippen LogP contribution in [0.2, 0.25) is 0 Å². The molecule has 3 nitrogen and oxygen atoms in total. The Hall–Kier alpha value is -1.88. The molecule has 0 radical (unpaired) electrons. The van der Waals surface area contributed by atoms with E-state index in [1.54, 1.807) is 12.4 Å². The fourth-order valence-corrected chi connectivity index (χ4v) is 1.65. The predicted molar refractivity (Wildman–Crippen MR) is 63.6 cm³/mol. The molecule has 0 amide bonds. The molecule has 0 aliphatic rings. The number of hydrogen-bond acceptors (Lipinski definition) is 3. The van der Waals surface area contributed by atoms with Crippen LogP contribution in [-0.2, 0) is 6.54 Å². The number of hydrogen-bond donors (Lipinski definition) is 1. The van der Waals surface area contributed by atoms with Crippen LogP contribution in [-0.4, -0.2) is 9.97 Å². The minimum atomic E-state index is -0.570. The van der Waals surface area contributed by atoms with Crippen molar-refractivity contribution < 1.29 is 8.78 Å². The zero-order chi connectivity index (χ0) is 13.0. The van der Waals surface area contributed by atoms with Crippen LogP contribution >= 0.6 is 0 Å². The highest BCUT2D eigenvalue weighted by molar-refractivity contribution is 5.21. The van der Waals surface area contributed by atoms with Crippen molar-refractivity contribution in [2.75, 3.05) is 0 Å². The Labute approximate surface area is 104 Å². The summed E-state index contributed by atoms with van der Waals surface area (Å²) in [6.45, 7) is 2.35. The number of rotatable bonds is 4. The van der Waals surface area contributed by atoms with Gasteiger partial charge in [0.25, 0.3) is 0 Å². The number of aromatic nitrogens is 2. The molecule has 1 aromatic heterocycles. The minimum absolute atomic E-state index is 0.217. The van der Waals surface area contributed by atoms with Gasteiger partial charge in [0.1, 0.15) is 18.0 Å². The van der Waals surface area contributed by atoms with E-state index in [0.717, 1.165) is 11.6 Å². The van der Waals surface area contributed by atoms with E-state index in [4.69, 9.17) is 0 Å². The van der Waals surface area contributed by atoms with E-state index in [1.807, 2.05) is 6.92 Å². The van der Waals surface area contributed by atoms with Crippen LogP contribution in [0.4, 0.5) is 8.78 Å². The van der Waals surface area contributed by atoms with Crippen LogP contribution in [0.1, 0.15) is 24.1 Å². The van der Waals surface area contributed by atoms with Crippen molar-refractivity contribution in [3.63, 3.8) is 0 Å². The Morgan fingerprint density at radius 3 is 2.61 bits per heavy atom. The van der Waals surface area contributed by atoms with E-state index in [2.05, 4.69) is 15.3 Å². The highest BCUT2D eigenvalue weighted by atomic mass is 19.1. The zero-order valence-electron chi connectivity index (χ0n) is 9.90. The maximum absolute atomic E-state index is 13.5. The molecule has 94 valence electrons. The van der Waals surface area contributed by atoms with E-state index in [1.165, 1.54) is 18.5 Å². The first kappa shape index (κ1) is 12.6. The molecule has 5 heteroatoms. The van der Waals surface area contributed by atoms with Gasteiger partial charge in [0.05, 0.1) is 0 Å². The average molecular weight is 249 g/mol. The minimum Gasteiger partial charge on any atom is -0.306 e. The largest absolute Gasteiger partial charge is 0.306 e. The molecule has 1 heterocycles. The van der Waals surface area contributed by atoms with E-state index in [9.17, 15) is 8.78 Å². The Balaban J connectivity index is 2.01. The standard InChI is InChI=1S/C13H13F2N3/c1-9(12-3-2-11(14)4-13(12)15)18-7-10-5-16-8-17-6-10/h2-6,8-9,18H,7H2,1H3. The van der Waals surface area contributed by atoms with Gasteiger partial charge in [-0.05, 0) is 13.0 Å². The van der Waals surface area contributed by atoms with Gasteiger partial charge in [0.2, 0.25) is 0 Å². The van der Waals surface area contributed by atoms with Gasteiger partial charge in [-0.15, -0.1) is 0 Å². The van der Waals surface area contributed by atoms with Gasteiger partial charge in [-0.25, -0.2) is 18.7 Å². The Kier molecular flexibility index (Phi) is 3.94. The molecule has 0 bridgehead atoms. The van der Waals surface area contributed by atoms with Crippen LogP contribution in [0.25, 0.3) is 0 Å². The van der Waals surface area contributed by atoms with E-state index < -0.39 is 11.6 Å². The van der Waals surface area contributed by atoms with Crippen molar-refractivity contribution in [2.24, 2.45) is 0 Å². The molecular weight excluding hydrogens is 236 g/mol. The molecule has 18 heavy (non-hydrogen) atoms. The lowest BCUT2D eigenvalue weighted by molar-refractivity contribution is 0.517. The van der Waals surface area contributed by atoms with E-state index >= 15 is 0 Å². The summed E-state index contributed by atoms with van der Waals surface area (Å²) in [6, 6.07) is 3.37. The second kappa shape index (κ2) is 5.64. The van der Waals surface area contributed by atoms with Crippen LogP contribution < -0.4 is 5.32 Å². The summed E-state index contributed by atoms with van der Waals surface area (Å²) in [5, 5.41) is 3.13. The molecule has 1 aromatic carbocycles. The second-order valence-electron chi connectivity index (χ2n) is 4.02. The predicted octanol–water partition coefficient (Wildman–Crippen LogP) is 2.61. The molecule has 2 rings (SSSR count). The van der Waals surface area contributed by atoms with Crippen molar-refractivity contribution in [1.82, 2.24) is 15.3 Å². The smallest absolute Gasteiger partial charge is 0.130 e. The summed E-state index contributed by atoms with van der Waals surface area (Å²) in [7, 11) is 0. The monoisotopic (exact) mass is 249 g/mol. The van der Waals surface area contributed by atoms with Crippen LogP contribution in [0, 0.1) is 11.6 Å². The third kappa shape index (κ3) is 3.07. The lowest BCUT2D eigenvalue weighted by atomic mass is 10.1. The summed E-state index contributed by atoms with van der Waals surface area (Å²) in [5.74, 6) is -1.11. The Bertz CT molecular complexity index is 517. The van der Waals surface area contributed by atoms with Gasteiger partial charge in [0.15, 0.2) is 0 Å². The first-order chi connectivity index (χ1) is 8.66. The van der Waals surface area contributed by atoms with Crippen LogP contribution in [0.5, 0.6) is 0 Å². The maximum atomic E-state index is 13.5. The van der Waals surface area contributed by atoms with Crippen molar-refractivity contribution in [2.45, 2.75) is 19.5 Å². The third-order valence-corrected chi connectivity index (χ3v) is 2.66. The second-order valence-corrected chi connectivity index (χ2v) is 4.02. The molecule has 1 N–H and O–H groups in total. The molecule has 2 aromatic rings. The zero-order valence-corrected chi connectivity index (χ0v) is 9.90. The Morgan fingerprint density at radius 1 is 1.22 bits per heavy atom. The van der Waals surface area contributed by atoms with Gasteiger partial charge in [0, 0.05) is 42.2 Å². The number of nitrogens with zero attached hydrogens (tertiary/aromatic N) is 2. The molecule has 0 fully saturated rings. The summed E-state index contributed by atoms with van der Waals surface area (Å²) < 4.78 is 26.3. The molecule has 0 saturated heterocycles. The molecular formula is C13H13F2N3. The highest BCUT2D eigenvalue weighted by Gasteiger charge is 2.11. The molecule has 0 aliphatic heterocycles. The number of nitrogens with one attached hydrogen (secondary N) is 1. The van der Waals surface area contributed by atoms with Crippen molar-refractivity contribution in [3.05, 3.63) is 59.7 Å². The maximum Gasteiger partial charge on any atom is 0.130 e. The van der Waals surface area contributed by atoms with Crippen molar-refractivity contribution >= 4 is 0 Å². The summed E-state index contributed by atoms with van der Waals surface area (Å²) in [5.41, 5.74) is 1.35. The van der Waals surface area contributed by atoms with Crippen LogP contribution in [0.3, 0.4) is 0 Å². The average Bonchev–Trinajstić information content (AvgIpc) is 2.37. The highest BCUT2D eigenvalue weighted by Crippen LogP contribution is 2.17. The van der Waals surface area contributed by atoms with Gasteiger partial charge in [-0.1, -0.05) is 6.07 Å². The fraction of sp³-hybridized carbons (Fsp3) is 0.231. The summed E-state index contributed by atoms with van der Waals surface area (Å²) >= 11 is 0. The van der Waals surface area contributed by atoms with E-state index in [-0.39, 0.29) is 6.04 Å². The molecule has 0 aliphatic carbocycles. The lowest BCUT2D eigenvalue weighted by Crippen LogP contribution is -2.19. The van der Waals surface area contributed by atoms with Crippen molar-refractivity contribution in [3.8, 4) is 0 Å². The first-order valence-electron chi connectivity index (χ1n) is 5.59. The lowest BCUT2D eigenvalue weighted by Gasteiger charge is -2.14. The molecule has 0 spiro atoms. The first-order valence-corrected chi connectivity index (χ1v) is 5.59. The normalized spacial score (nSPS) is 12.4. The van der Waals surface area contributed by atoms with Gasteiger partial charge in [-0.2, -0.15) is 0 Å². The summed E-state index contributed by atoms with van der Waals surface area (Å²) in [4.78, 5) is 7.78. The van der Waals surface area contributed by atoms with Gasteiger partial charge in [-0.3, -0.25) is 0 Å². The number of benzene rings is 1. The van der Waals surface area contributed by atoms with Crippen LogP contribution in [0.15, 0.2) is 36.9 Å². The Morgan fingerprint density at radius 2 is 1.94 bits per heavy atom. The SMILES string of the molecule is CC(NCc1cncnc1)c1ccc(F)cc1F. The quantitative estimate of drug-likeness (QED) is 0.905. The van der Waals surface area contributed by atoms with Crippen molar-refractivity contribution in [1.29, 1.82) is 0 Å². The molecule has 1 atom stereocenters. The third-order valence-electron chi connectivity index (χ3n) is 2.66. The topological polar surface area (TPSA) is 37.8 Å². The van der Waals surface area contributed by atoms with E-state index in [0.29, 0.717) is 12.1 Å². The van der Waals surface area contributed by atoms with Gasteiger partial charge < -0.3 is 5.32 Å². The molecule has 0 saturated carbocycles. The molecule has 1 unspecified atom stereocenters. The fourth-order valence-electron chi connectivity index (χ4n) is 1.65. The number of halogens is 2. The van der Waals surface area contributed by atoms with Gasteiger partial charge >= 0.3 is 0 Å². The summed E-state index contributed by atoms with van der Waals surface area (Å²) in [6.07, 6.45) is 4.83.